The highest BCUT2D eigenvalue weighted by Gasteiger charge is 2.07. The topological polar surface area (TPSA) is 90.3 Å². The maximum atomic E-state index is 9.03. The first-order valence-corrected chi connectivity index (χ1v) is 6.35. The van der Waals surface area contributed by atoms with Crippen LogP contribution in [0, 0.1) is 18.3 Å². The largest absolute Gasteiger partial charge is 0.359 e. The van der Waals surface area contributed by atoms with Crippen LogP contribution in [0.5, 0.6) is 0 Å². The van der Waals surface area contributed by atoms with Crippen molar-refractivity contribution >= 4 is 38.8 Å². The second-order valence-electron chi connectivity index (χ2n) is 3.63. The monoisotopic (exact) mass is 338 g/mol. The third kappa shape index (κ3) is 3.10. The number of nitriles is 1. The number of H-pyrrole nitrogens is 1. The number of hydrogen-bond acceptors (Lipinski definition) is 5. The fourth-order valence-corrected chi connectivity index (χ4v) is 2.14. The average molecular weight is 340 g/mol. The molecule has 2 N–H and O–H groups in total. The van der Waals surface area contributed by atoms with Crippen molar-refractivity contribution in [3.8, 4) is 6.07 Å². The Hall–Kier alpha value is -1.91. The van der Waals surface area contributed by atoms with E-state index in [0.717, 1.165) is 10.0 Å². The predicted octanol–water partition coefficient (Wildman–Crippen LogP) is 2.90. The quantitative estimate of drug-likeness (QED) is 0.839. The maximum Gasteiger partial charge on any atom is 0.216 e. The van der Waals surface area contributed by atoms with Gasteiger partial charge in [-0.15, -0.1) is 10.2 Å². The van der Waals surface area contributed by atoms with Crippen molar-refractivity contribution in [2.24, 2.45) is 0 Å². The van der Waals surface area contributed by atoms with Crippen LogP contribution in [0.25, 0.3) is 5.57 Å². The lowest BCUT2D eigenvalue weighted by Gasteiger charge is -2.07. The third-order valence-electron chi connectivity index (χ3n) is 2.30. The molecule has 8 heteroatoms. The lowest BCUT2D eigenvalue weighted by Crippen LogP contribution is -1.94. The maximum absolute atomic E-state index is 9.03. The Morgan fingerprint density at radius 2 is 2.37 bits per heavy atom. The molecule has 0 saturated carbocycles. The molecule has 0 saturated heterocycles. The van der Waals surface area contributed by atoms with Crippen LogP contribution >= 0.6 is 27.5 Å². The van der Waals surface area contributed by atoms with Gasteiger partial charge in [-0.25, -0.2) is 0 Å². The standard InChI is InChI=1S/C11H8BrClN6/c1-6-2-8(12)3-9(10(6)13)15-5-7(4-14)11-16-18-19-17-11/h2-3,5,15H,1H3,(H,16,17,18,19). The number of allylic oxidation sites excluding steroid dienone is 1. The van der Waals surface area contributed by atoms with Crippen LogP contribution in [-0.4, -0.2) is 20.6 Å². The smallest absolute Gasteiger partial charge is 0.216 e. The van der Waals surface area contributed by atoms with Gasteiger partial charge in [-0.2, -0.15) is 10.5 Å². The van der Waals surface area contributed by atoms with Crippen molar-refractivity contribution in [1.29, 1.82) is 5.26 Å². The molecule has 0 fully saturated rings. The highest BCUT2D eigenvalue weighted by molar-refractivity contribution is 9.10. The number of hydrogen-bond donors (Lipinski definition) is 2. The second-order valence-corrected chi connectivity index (χ2v) is 4.93. The first-order valence-electron chi connectivity index (χ1n) is 5.18. The lowest BCUT2D eigenvalue weighted by atomic mass is 10.2. The molecule has 0 aliphatic carbocycles. The second kappa shape index (κ2) is 5.82. The molecule has 6 nitrogen and oxygen atoms in total. The predicted molar refractivity (Wildman–Crippen MR) is 75.3 cm³/mol. The summed E-state index contributed by atoms with van der Waals surface area (Å²) in [6.45, 7) is 1.90. The first kappa shape index (κ1) is 13.5. The summed E-state index contributed by atoms with van der Waals surface area (Å²) < 4.78 is 0.892. The molecule has 1 aromatic heterocycles. The summed E-state index contributed by atoms with van der Waals surface area (Å²) in [5.41, 5.74) is 1.86. The zero-order valence-corrected chi connectivity index (χ0v) is 12.1. The van der Waals surface area contributed by atoms with Crippen LogP contribution in [-0.2, 0) is 0 Å². The summed E-state index contributed by atoms with van der Waals surface area (Å²) in [4.78, 5) is 0. The first-order chi connectivity index (χ1) is 9.11. The van der Waals surface area contributed by atoms with E-state index in [1.54, 1.807) is 0 Å². The molecule has 2 rings (SSSR count). The minimum absolute atomic E-state index is 0.220. The number of benzene rings is 1. The molecule has 1 heterocycles. The molecular weight excluding hydrogens is 332 g/mol. The molecule has 0 aliphatic heterocycles. The number of aryl methyl sites for hydroxylation is 1. The number of nitrogens with zero attached hydrogens (tertiary/aromatic N) is 4. The third-order valence-corrected chi connectivity index (χ3v) is 3.26. The van der Waals surface area contributed by atoms with Gasteiger partial charge in [0, 0.05) is 10.7 Å². The van der Waals surface area contributed by atoms with E-state index in [9.17, 15) is 0 Å². The molecule has 0 radical (unpaired) electrons. The number of aromatic nitrogens is 4. The summed E-state index contributed by atoms with van der Waals surface area (Å²) >= 11 is 9.56. The van der Waals surface area contributed by atoms with E-state index >= 15 is 0 Å². The van der Waals surface area contributed by atoms with E-state index in [1.165, 1.54) is 6.20 Å². The van der Waals surface area contributed by atoms with E-state index in [-0.39, 0.29) is 11.4 Å². The summed E-state index contributed by atoms with van der Waals surface area (Å²) in [6.07, 6.45) is 1.48. The summed E-state index contributed by atoms with van der Waals surface area (Å²) in [5.74, 6) is 0.220. The number of halogens is 2. The van der Waals surface area contributed by atoms with Gasteiger partial charge >= 0.3 is 0 Å². The molecular formula is C11H8BrClN6. The van der Waals surface area contributed by atoms with Gasteiger partial charge in [0.05, 0.1) is 10.7 Å². The van der Waals surface area contributed by atoms with Crippen molar-refractivity contribution in [1.82, 2.24) is 20.6 Å². The molecule has 2 aromatic rings. The molecule has 0 unspecified atom stereocenters. The SMILES string of the molecule is Cc1cc(Br)cc(NC=C(C#N)c2nn[nH]n2)c1Cl. The average Bonchev–Trinajstić information content (AvgIpc) is 2.89. The fourth-order valence-electron chi connectivity index (χ4n) is 1.40. The van der Waals surface area contributed by atoms with Crippen LogP contribution in [0.2, 0.25) is 5.02 Å². The highest BCUT2D eigenvalue weighted by Crippen LogP contribution is 2.30. The van der Waals surface area contributed by atoms with Gasteiger partial charge in [0.25, 0.3) is 0 Å². The zero-order chi connectivity index (χ0) is 13.8. The highest BCUT2D eigenvalue weighted by atomic mass is 79.9. The van der Waals surface area contributed by atoms with Gasteiger partial charge in [-0.05, 0) is 29.8 Å². The van der Waals surface area contributed by atoms with E-state index < -0.39 is 0 Å². The number of anilines is 1. The van der Waals surface area contributed by atoms with Crippen molar-refractivity contribution in [2.45, 2.75) is 6.92 Å². The molecule has 0 aliphatic rings. The molecule has 96 valence electrons. The van der Waals surface area contributed by atoms with Gasteiger partial charge in [0.2, 0.25) is 5.82 Å². The fraction of sp³-hybridized carbons (Fsp3) is 0.0909. The van der Waals surface area contributed by atoms with E-state index in [1.807, 2.05) is 25.1 Å². The number of rotatable bonds is 3. The van der Waals surface area contributed by atoms with Gasteiger partial charge in [-0.3, -0.25) is 0 Å². The normalized spacial score (nSPS) is 11.2. The molecule has 19 heavy (non-hydrogen) atoms. The van der Waals surface area contributed by atoms with Crippen LogP contribution in [0.4, 0.5) is 5.69 Å². The molecule has 0 bridgehead atoms. The van der Waals surface area contributed by atoms with Gasteiger partial charge in [-0.1, -0.05) is 27.5 Å². The van der Waals surface area contributed by atoms with Crippen LogP contribution in [0.3, 0.4) is 0 Å². The number of tetrazole rings is 1. The van der Waals surface area contributed by atoms with Crippen LogP contribution < -0.4 is 5.32 Å². The Balaban J connectivity index is 2.30. The Bertz CT molecular complexity index is 659. The van der Waals surface area contributed by atoms with Crippen LogP contribution in [0.1, 0.15) is 11.4 Å². The Morgan fingerprint density at radius 1 is 1.58 bits per heavy atom. The molecule has 0 amide bonds. The number of nitrogens with one attached hydrogen (secondary N) is 2. The van der Waals surface area contributed by atoms with Crippen molar-refractivity contribution in [2.75, 3.05) is 5.32 Å². The van der Waals surface area contributed by atoms with Gasteiger partial charge < -0.3 is 5.32 Å². The van der Waals surface area contributed by atoms with Gasteiger partial charge in [0.1, 0.15) is 11.6 Å². The summed E-state index contributed by atoms with van der Waals surface area (Å²) in [5, 5.41) is 25.8. The Labute approximate surface area is 122 Å². The van der Waals surface area contributed by atoms with Gasteiger partial charge in [0.15, 0.2) is 0 Å². The van der Waals surface area contributed by atoms with Crippen molar-refractivity contribution in [3.05, 3.63) is 39.2 Å². The van der Waals surface area contributed by atoms with E-state index in [2.05, 4.69) is 41.9 Å². The van der Waals surface area contributed by atoms with Crippen molar-refractivity contribution < 1.29 is 0 Å². The van der Waals surface area contributed by atoms with Crippen LogP contribution in [0.15, 0.2) is 22.8 Å². The molecule has 0 spiro atoms. The lowest BCUT2D eigenvalue weighted by molar-refractivity contribution is 0.881. The zero-order valence-electron chi connectivity index (χ0n) is 9.78. The molecule has 0 atom stereocenters. The van der Waals surface area contributed by atoms with E-state index in [0.29, 0.717) is 10.7 Å². The minimum Gasteiger partial charge on any atom is -0.359 e. The minimum atomic E-state index is 0.220. The number of aromatic amines is 1. The summed E-state index contributed by atoms with van der Waals surface area (Å²) in [7, 11) is 0. The molecule has 1 aromatic carbocycles. The summed E-state index contributed by atoms with van der Waals surface area (Å²) in [6, 6.07) is 5.70. The Kier molecular flexibility index (Phi) is 4.14. The van der Waals surface area contributed by atoms with E-state index in [4.69, 9.17) is 16.9 Å². The van der Waals surface area contributed by atoms with Crippen molar-refractivity contribution in [3.63, 3.8) is 0 Å². The Morgan fingerprint density at radius 3 is 3.00 bits per heavy atom.